The Balaban J connectivity index is 1.48. The first-order chi connectivity index (χ1) is 14.0. The van der Waals surface area contributed by atoms with E-state index < -0.39 is 0 Å². The summed E-state index contributed by atoms with van der Waals surface area (Å²) >= 11 is 0. The van der Waals surface area contributed by atoms with Gasteiger partial charge in [-0.1, -0.05) is 30.3 Å². The van der Waals surface area contributed by atoms with Crippen molar-refractivity contribution in [1.29, 1.82) is 0 Å². The number of nitrogens with zero attached hydrogens (tertiary/aromatic N) is 1. The molecule has 1 saturated heterocycles. The molecule has 29 heavy (non-hydrogen) atoms. The van der Waals surface area contributed by atoms with E-state index in [1.165, 1.54) is 4.90 Å². The number of amides is 2. The van der Waals surface area contributed by atoms with Gasteiger partial charge >= 0.3 is 0 Å². The number of para-hydroxylation sites is 1. The van der Waals surface area contributed by atoms with Crippen molar-refractivity contribution in [3.05, 3.63) is 59.2 Å². The number of methoxy groups -OCH3 is 1. The molecule has 2 aromatic carbocycles. The van der Waals surface area contributed by atoms with Gasteiger partial charge in [-0.3, -0.25) is 9.59 Å². The van der Waals surface area contributed by atoms with Gasteiger partial charge in [-0.2, -0.15) is 0 Å². The van der Waals surface area contributed by atoms with Crippen molar-refractivity contribution >= 4 is 17.5 Å². The molecule has 3 rings (SSSR count). The molecule has 0 spiro atoms. The zero-order valence-electron chi connectivity index (χ0n) is 17.5. The van der Waals surface area contributed by atoms with E-state index in [0.29, 0.717) is 26.1 Å². The molecule has 2 aromatic rings. The van der Waals surface area contributed by atoms with Crippen LogP contribution >= 0.6 is 0 Å². The average molecular weight is 397 g/mol. The van der Waals surface area contributed by atoms with Crippen molar-refractivity contribution < 1.29 is 19.2 Å². The van der Waals surface area contributed by atoms with Crippen LogP contribution in [0.5, 0.6) is 5.75 Å². The topological polar surface area (TPSA) is 63.1 Å². The van der Waals surface area contributed by atoms with Crippen LogP contribution in [0.3, 0.4) is 0 Å². The lowest BCUT2D eigenvalue weighted by Crippen LogP contribution is -3.15. The van der Waals surface area contributed by atoms with Crippen molar-refractivity contribution in [2.75, 3.05) is 45.2 Å². The Kier molecular flexibility index (Phi) is 6.88. The van der Waals surface area contributed by atoms with Crippen molar-refractivity contribution in [1.82, 2.24) is 4.90 Å². The molecule has 0 saturated carbocycles. The molecule has 0 unspecified atom stereocenters. The van der Waals surface area contributed by atoms with E-state index in [1.54, 1.807) is 7.11 Å². The number of rotatable bonds is 6. The van der Waals surface area contributed by atoms with Gasteiger partial charge in [-0.25, -0.2) is 0 Å². The van der Waals surface area contributed by atoms with Gasteiger partial charge in [0.05, 0.1) is 39.7 Å². The van der Waals surface area contributed by atoms with Crippen LogP contribution in [0.4, 0.5) is 5.69 Å². The van der Waals surface area contributed by atoms with Crippen molar-refractivity contribution in [3.63, 3.8) is 0 Å². The van der Waals surface area contributed by atoms with Gasteiger partial charge in [0.1, 0.15) is 5.75 Å². The van der Waals surface area contributed by atoms with Gasteiger partial charge < -0.3 is 19.9 Å². The van der Waals surface area contributed by atoms with Crippen LogP contribution < -0.4 is 15.0 Å². The fourth-order valence-corrected chi connectivity index (χ4v) is 3.68. The maximum absolute atomic E-state index is 12.7. The van der Waals surface area contributed by atoms with E-state index in [0.717, 1.165) is 41.2 Å². The Morgan fingerprint density at radius 1 is 1.07 bits per heavy atom. The second kappa shape index (κ2) is 9.56. The molecule has 6 heteroatoms. The summed E-state index contributed by atoms with van der Waals surface area (Å²) < 4.78 is 5.34. The van der Waals surface area contributed by atoms with Crippen LogP contribution in [0.1, 0.15) is 16.7 Å². The number of piperazine rings is 1. The lowest BCUT2D eigenvalue weighted by Gasteiger charge is -2.32. The zero-order chi connectivity index (χ0) is 20.8. The monoisotopic (exact) mass is 396 g/mol. The van der Waals surface area contributed by atoms with Crippen LogP contribution in [0, 0.1) is 13.8 Å². The number of ether oxygens (including phenoxy) is 1. The number of hydrogen-bond donors (Lipinski definition) is 2. The normalized spacial score (nSPS) is 14.5. The maximum Gasteiger partial charge on any atom is 0.279 e. The van der Waals surface area contributed by atoms with Gasteiger partial charge in [-0.05, 0) is 37.1 Å². The third-order valence-electron chi connectivity index (χ3n) is 5.65. The first kappa shape index (κ1) is 20.9. The van der Waals surface area contributed by atoms with Crippen LogP contribution in [0.15, 0.2) is 42.5 Å². The highest BCUT2D eigenvalue weighted by molar-refractivity contribution is 5.92. The van der Waals surface area contributed by atoms with Gasteiger partial charge in [0.2, 0.25) is 5.91 Å². The number of carbonyl (C=O) groups is 2. The third kappa shape index (κ3) is 5.35. The minimum absolute atomic E-state index is 0.0162. The Morgan fingerprint density at radius 3 is 2.52 bits per heavy atom. The molecule has 0 aliphatic carbocycles. The Bertz CT molecular complexity index is 873. The smallest absolute Gasteiger partial charge is 0.279 e. The summed E-state index contributed by atoms with van der Waals surface area (Å²) in [7, 11) is 1.62. The highest BCUT2D eigenvalue weighted by Crippen LogP contribution is 2.19. The first-order valence-electron chi connectivity index (χ1n) is 10.1. The standard InChI is InChI=1S/C23H29N3O3/c1-17-7-6-9-20(18(17)2)24-22(27)16-25-11-13-26(14-12-25)23(28)15-19-8-4-5-10-21(19)29-3/h4-10H,11-16H2,1-3H3,(H,24,27)/p+1. The van der Waals surface area contributed by atoms with E-state index in [1.807, 2.05) is 61.2 Å². The summed E-state index contributed by atoms with van der Waals surface area (Å²) in [5, 5.41) is 3.02. The molecule has 0 bridgehead atoms. The maximum atomic E-state index is 12.7. The summed E-state index contributed by atoms with van der Waals surface area (Å²) in [6.07, 6.45) is 0.340. The number of quaternary nitrogens is 1. The van der Waals surface area contributed by atoms with E-state index in [9.17, 15) is 9.59 Å². The van der Waals surface area contributed by atoms with Gasteiger partial charge in [0, 0.05) is 11.3 Å². The van der Waals surface area contributed by atoms with Crippen molar-refractivity contribution in [2.45, 2.75) is 20.3 Å². The Labute approximate surface area is 172 Å². The molecule has 1 heterocycles. The first-order valence-corrected chi connectivity index (χ1v) is 10.1. The van der Waals surface area contributed by atoms with Gasteiger partial charge in [0.15, 0.2) is 6.54 Å². The van der Waals surface area contributed by atoms with Crippen LogP contribution in [-0.2, 0) is 16.0 Å². The van der Waals surface area contributed by atoms with E-state index in [-0.39, 0.29) is 11.8 Å². The average Bonchev–Trinajstić information content (AvgIpc) is 2.72. The minimum Gasteiger partial charge on any atom is -0.496 e. The second-order valence-corrected chi connectivity index (χ2v) is 7.59. The summed E-state index contributed by atoms with van der Waals surface area (Å²) in [6, 6.07) is 13.5. The van der Waals surface area contributed by atoms with E-state index >= 15 is 0 Å². The van der Waals surface area contributed by atoms with Crippen molar-refractivity contribution in [3.8, 4) is 5.75 Å². The molecule has 1 fully saturated rings. The summed E-state index contributed by atoms with van der Waals surface area (Å²) in [4.78, 5) is 28.2. The van der Waals surface area contributed by atoms with E-state index in [2.05, 4.69) is 5.32 Å². The summed E-state index contributed by atoms with van der Waals surface area (Å²) in [5.74, 6) is 0.865. The lowest BCUT2D eigenvalue weighted by molar-refractivity contribution is -0.895. The molecule has 154 valence electrons. The summed E-state index contributed by atoms with van der Waals surface area (Å²) in [6.45, 7) is 7.36. The van der Waals surface area contributed by atoms with Crippen LogP contribution in [-0.4, -0.2) is 56.5 Å². The third-order valence-corrected chi connectivity index (χ3v) is 5.65. The van der Waals surface area contributed by atoms with Gasteiger partial charge in [-0.15, -0.1) is 0 Å². The molecule has 0 atom stereocenters. The van der Waals surface area contributed by atoms with Crippen LogP contribution in [0.2, 0.25) is 0 Å². The number of carbonyl (C=O) groups excluding carboxylic acids is 2. The van der Waals surface area contributed by atoms with E-state index in [4.69, 9.17) is 4.74 Å². The highest BCUT2D eigenvalue weighted by atomic mass is 16.5. The molecular weight excluding hydrogens is 366 g/mol. The molecule has 1 aliphatic heterocycles. The molecule has 0 aromatic heterocycles. The number of nitrogens with one attached hydrogen (secondary N) is 2. The lowest BCUT2D eigenvalue weighted by atomic mass is 10.1. The zero-order valence-corrected chi connectivity index (χ0v) is 17.5. The van der Waals surface area contributed by atoms with Crippen LogP contribution in [0.25, 0.3) is 0 Å². The molecule has 0 radical (unpaired) electrons. The SMILES string of the molecule is COc1ccccc1CC(=O)N1CC[NH+](CC(=O)Nc2cccc(C)c2C)CC1. The molecule has 2 amide bonds. The Hall–Kier alpha value is -2.86. The largest absolute Gasteiger partial charge is 0.496 e. The number of anilines is 1. The van der Waals surface area contributed by atoms with Crippen molar-refractivity contribution in [2.24, 2.45) is 0 Å². The molecule has 2 N–H and O–H groups in total. The number of benzene rings is 2. The fraction of sp³-hybridized carbons (Fsp3) is 0.391. The predicted molar refractivity (Wildman–Crippen MR) is 113 cm³/mol. The predicted octanol–water partition coefficient (Wildman–Crippen LogP) is 1.22. The highest BCUT2D eigenvalue weighted by Gasteiger charge is 2.25. The number of hydrogen-bond acceptors (Lipinski definition) is 3. The quantitative estimate of drug-likeness (QED) is 0.772. The Morgan fingerprint density at radius 2 is 1.79 bits per heavy atom. The van der Waals surface area contributed by atoms with Gasteiger partial charge in [0.25, 0.3) is 5.91 Å². The molecular formula is C23H30N3O3+. The fourth-order valence-electron chi connectivity index (χ4n) is 3.68. The summed E-state index contributed by atoms with van der Waals surface area (Å²) in [5.41, 5.74) is 4.04. The second-order valence-electron chi connectivity index (χ2n) is 7.59. The molecule has 1 aliphatic rings. The minimum atomic E-state index is 0.0162. The number of aryl methyl sites for hydroxylation is 1. The molecule has 6 nitrogen and oxygen atoms in total.